The van der Waals surface area contributed by atoms with Crippen LogP contribution < -0.4 is 5.32 Å². The Balaban J connectivity index is 1.51. The highest BCUT2D eigenvalue weighted by Crippen LogP contribution is 2.29. The Hall–Kier alpha value is -2.85. The second-order valence-corrected chi connectivity index (χ2v) is 7.31. The van der Waals surface area contributed by atoms with Crippen LogP contribution in [0.25, 0.3) is 21.3 Å². The monoisotopic (exact) mass is 372 g/mol. The molecule has 0 aliphatic heterocycles. The van der Waals surface area contributed by atoms with Crippen LogP contribution in [0.15, 0.2) is 28.0 Å². The van der Waals surface area contributed by atoms with Crippen molar-refractivity contribution in [3.05, 3.63) is 40.0 Å². The van der Waals surface area contributed by atoms with Crippen molar-refractivity contribution in [2.45, 2.75) is 13.8 Å². The zero-order valence-corrected chi connectivity index (χ0v) is 14.9. The topological polar surface area (TPSA) is 110 Å². The first-order valence-corrected chi connectivity index (χ1v) is 8.98. The Morgan fingerprint density at radius 3 is 2.92 bits per heavy atom. The minimum atomic E-state index is -0.425. The largest absolute Gasteiger partial charge is 0.402 e. The van der Waals surface area contributed by atoms with Gasteiger partial charge < -0.3 is 4.42 Å². The van der Waals surface area contributed by atoms with E-state index < -0.39 is 5.91 Å². The van der Waals surface area contributed by atoms with Crippen molar-refractivity contribution in [3.63, 3.8) is 0 Å². The quantitative estimate of drug-likeness (QED) is 0.567. The Kier molecular flexibility index (Phi) is 3.90. The third-order valence-corrected chi connectivity index (χ3v) is 5.30. The zero-order chi connectivity index (χ0) is 17.4. The number of anilines is 1. The lowest BCUT2D eigenvalue weighted by Crippen LogP contribution is -2.12. The molecule has 0 atom stereocenters. The molecule has 0 saturated heterocycles. The van der Waals surface area contributed by atoms with Crippen LogP contribution in [-0.4, -0.2) is 31.3 Å². The second-order valence-electron chi connectivity index (χ2n) is 5.16. The fraction of sp³-hybridized carbons (Fsp3) is 0.133. The van der Waals surface area contributed by atoms with E-state index in [-0.39, 0.29) is 11.7 Å². The first-order valence-electron chi connectivity index (χ1n) is 7.28. The van der Waals surface area contributed by atoms with Crippen molar-refractivity contribution in [2.24, 2.45) is 0 Å². The van der Waals surface area contributed by atoms with E-state index in [1.54, 1.807) is 17.4 Å². The van der Waals surface area contributed by atoms with Gasteiger partial charge in [-0.2, -0.15) is 5.10 Å². The Morgan fingerprint density at radius 1 is 1.32 bits per heavy atom. The number of nitrogens with one attached hydrogen (secondary N) is 2. The first kappa shape index (κ1) is 15.7. The highest BCUT2D eigenvalue weighted by atomic mass is 32.1. The summed E-state index contributed by atoms with van der Waals surface area (Å²) in [5, 5.41) is 20.1. The van der Waals surface area contributed by atoms with E-state index in [1.165, 1.54) is 11.3 Å². The molecular formula is C15H12N6O2S2. The van der Waals surface area contributed by atoms with Crippen molar-refractivity contribution in [1.82, 2.24) is 25.4 Å². The molecule has 0 aliphatic rings. The molecule has 0 fully saturated rings. The van der Waals surface area contributed by atoms with Crippen molar-refractivity contribution in [2.75, 3.05) is 5.32 Å². The summed E-state index contributed by atoms with van der Waals surface area (Å²) in [6.45, 7) is 3.78. The number of aryl methyl sites for hydroxylation is 2. The van der Waals surface area contributed by atoms with Gasteiger partial charge in [0.05, 0.1) is 21.3 Å². The standard InChI is InChI=1S/C15H12N6O2S2/c1-7-12(25-8(2)16-7)14-20-21-15(23-14)17-13(22)10-6-9(18-19-10)11-4-3-5-24-11/h3-6H,1-2H3,(H,18,19)(H,17,21,22). The number of amides is 1. The molecule has 0 unspecified atom stereocenters. The summed E-state index contributed by atoms with van der Waals surface area (Å²) in [7, 11) is 0. The maximum absolute atomic E-state index is 12.3. The highest BCUT2D eigenvalue weighted by molar-refractivity contribution is 7.15. The Bertz CT molecular complexity index is 1030. The number of hydrogen-bond donors (Lipinski definition) is 2. The number of rotatable bonds is 4. The maximum Gasteiger partial charge on any atom is 0.322 e. The van der Waals surface area contributed by atoms with Crippen molar-refractivity contribution >= 4 is 34.6 Å². The van der Waals surface area contributed by atoms with Crippen LogP contribution >= 0.6 is 22.7 Å². The second kappa shape index (κ2) is 6.22. The lowest BCUT2D eigenvalue weighted by atomic mass is 10.3. The third kappa shape index (κ3) is 3.08. The van der Waals surface area contributed by atoms with E-state index >= 15 is 0 Å². The molecular weight excluding hydrogens is 360 g/mol. The van der Waals surface area contributed by atoms with Crippen molar-refractivity contribution in [1.29, 1.82) is 0 Å². The van der Waals surface area contributed by atoms with Gasteiger partial charge in [-0.1, -0.05) is 11.2 Å². The molecule has 1 amide bonds. The number of hydrogen-bond acceptors (Lipinski definition) is 8. The summed E-state index contributed by atoms with van der Waals surface area (Å²) in [6, 6.07) is 5.58. The zero-order valence-electron chi connectivity index (χ0n) is 13.2. The predicted octanol–water partition coefficient (Wildman–Crippen LogP) is 3.51. The fourth-order valence-electron chi connectivity index (χ4n) is 2.25. The Morgan fingerprint density at radius 2 is 2.20 bits per heavy atom. The van der Waals surface area contributed by atoms with Gasteiger partial charge >= 0.3 is 6.01 Å². The maximum atomic E-state index is 12.3. The number of H-pyrrole nitrogens is 1. The summed E-state index contributed by atoms with van der Waals surface area (Å²) in [5.74, 6) is -0.0915. The molecule has 4 aromatic rings. The van der Waals surface area contributed by atoms with Gasteiger partial charge in [-0.15, -0.1) is 27.8 Å². The van der Waals surface area contributed by atoms with Crippen LogP contribution in [0.4, 0.5) is 6.01 Å². The summed E-state index contributed by atoms with van der Waals surface area (Å²) >= 11 is 3.02. The molecule has 10 heteroatoms. The SMILES string of the molecule is Cc1nc(C)c(-c2nnc(NC(=O)c3cc(-c4cccs4)[nH]n3)o2)s1. The number of carbonyl (C=O) groups is 1. The molecule has 4 aromatic heterocycles. The van der Waals surface area contributed by atoms with Gasteiger partial charge in [0.25, 0.3) is 11.8 Å². The summed E-state index contributed by atoms with van der Waals surface area (Å²) in [4.78, 5) is 18.4. The highest BCUT2D eigenvalue weighted by Gasteiger charge is 2.18. The molecule has 25 heavy (non-hydrogen) atoms. The van der Waals surface area contributed by atoms with E-state index in [4.69, 9.17) is 4.42 Å². The predicted molar refractivity (Wildman–Crippen MR) is 94.7 cm³/mol. The fourth-order valence-corrected chi connectivity index (χ4v) is 3.79. The molecule has 0 aliphatic carbocycles. The third-order valence-electron chi connectivity index (χ3n) is 3.34. The lowest BCUT2D eigenvalue weighted by Gasteiger charge is -1.95. The molecule has 0 spiro atoms. The molecule has 4 heterocycles. The van der Waals surface area contributed by atoms with Crippen LogP contribution in [0.2, 0.25) is 0 Å². The number of aromatic nitrogens is 5. The van der Waals surface area contributed by atoms with Gasteiger partial charge in [-0.25, -0.2) is 4.98 Å². The molecule has 0 bridgehead atoms. The molecule has 4 rings (SSSR count). The van der Waals surface area contributed by atoms with E-state index in [0.717, 1.165) is 26.1 Å². The van der Waals surface area contributed by atoms with Gasteiger partial charge in [-0.3, -0.25) is 15.2 Å². The summed E-state index contributed by atoms with van der Waals surface area (Å²) in [5.41, 5.74) is 1.84. The number of thiophene rings is 1. The molecule has 126 valence electrons. The van der Waals surface area contributed by atoms with Gasteiger partial charge in [-0.05, 0) is 31.4 Å². The molecule has 8 nitrogen and oxygen atoms in total. The number of thiazole rings is 1. The average Bonchev–Trinajstić information content (AvgIpc) is 3.34. The number of nitrogens with zero attached hydrogens (tertiary/aromatic N) is 4. The lowest BCUT2D eigenvalue weighted by molar-refractivity contribution is 0.101. The van der Waals surface area contributed by atoms with Crippen molar-refractivity contribution < 1.29 is 9.21 Å². The van der Waals surface area contributed by atoms with Crippen LogP contribution in [0, 0.1) is 13.8 Å². The normalized spacial score (nSPS) is 11.0. The first-order chi connectivity index (χ1) is 12.1. The molecule has 0 saturated carbocycles. The summed E-state index contributed by atoms with van der Waals surface area (Å²) < 4.78 is 5.52. The van der Waals surface area contributed by atoms with Gasteiger partial charge in [0, 0.05) is 0 Å². The van der Waals surface area contributed by atoms with Crippen LogP contribution in [0.1, 0.15) is 21.2 Å². The van der Waals surface area contributed by atoms with Crippen LogP contribution in [0.5, 0.6) is 0 Å². The van der Waals surface area contributed by atoms with Crippen molar-refractivity contribution in [3.8, 4) is 21.3 Å². The summed E-state index contributed by atoms with van der Waals surface area (Å²) in [6.07, 6.45) is 0. The number of aromatic amines is 1. The minimum absolute atomic E-state index is 0.0196. The van der Waals surface area contributed by atoms with E-state index in [9.17, 15) is 4.79 Å². The molecule has 0 radical (unpaired) electrons. The number of carbonyl (C=O) groups excluding carboxylic acids is 1. The van der Waals surface area contributed by atoms with E-state index in [2.05, 4.69) is 30.7 Å². The molecule has 0 aromatic carbocycles. The van der Waals surface area contributed by atoms with Gasteiger partial charge in [0.2, 0.25) is 0 Å². The minimum Gasteiger partial charge on any atom is -0.402 e. The van der Waals surface area contributed by atoms with Crippen LogP contribution in [-0.2, 0) is 0 Å². The van der Waals surface area contributed by atoms with Crippen LogP contribution in [0.3, 0.4) is 0 Å². The van der Waals surface area contributed by atoms with E-state index in [1.807, 2.05) is 31.4 Å². The van der Waals surface area contributed by atoms with Gasteiger partial charge in [0.15, 0.2) is 5.69 Å². The van der Waals surface area contributed by atoms with E-state index in [0.29, 0.717) is 5.89 Å². The Labute approximate surface area is 150 Å². The smallest absolute Gasteiger partial charge is 0.322 e. The molecule has 2 N–H and O–H groups in total. The van der Waals surface area contributed by atoms with Gasteiger partial charge in [0.1, 0.15) is 4.88 Å². The average molecular weight is 372 g/mol.